The lowest BCUT2D eigenvalue weighted by molar-refractivity contribution is 0.514. The Balaban J connectivity index is 2.16. The Labute approximate surface area is 120 Å². The van der Waals surface area contributed by atoms with Gasteiger partial charge in [0.15, 0.2) is 5.58 Å². The van der Waals surface area contributed by atoms with Gasteiger partial charge in [-0.05, 0) is 37.4 Å². The molecule has 0 bridgehead atoms. The lowest BCUT2D eigenvalue weighted by Gasteiger charge is -2.01. The Morgan fingerprint density at radius 2 is 2.22 bits per heavy atom. The molecule has 1 N–H and O–H groups in total. The van der Waals surface area contributed by atoms with Gasteiger partial charge in [0.2, 0.25) is 0 Å². The third-order valence-corrected chi connectivity index (χ3v) is 4.08. The van der Waals surface area contributed by atoms with E-state index in [1.54, 1.807) is 0 Å². The molecule has 18 heavy (non-hydrogen) atoms. The van der Waals surface area contributed by atoms with Crippen molar-refractivity contribution in [2.45, 2.75) is 32.2 Å². The first-order chi connectivity index (χ1) is 8.70. The molecule has 96 valence electrons. The van der Waals surface area contributed by atoms with E-state index in [1.807, 2.05) is 6.07 Å². The van der Waals surface area contributed by atoms with Crippen LogP contribution in [0.5, 0.6) is 0 Å². The minimum atomic E-state index is 0.658. The maximum Gasteiger partial charge on any atom is 0.153 e. The average molecular weight is 329 g/mol. The van der Waals surface area contributed by atoms with Gasteiger partial charge < -0.3 is 9.73 Å². The molecule has 2 aromatic rings. The maximum atomic E-state index is 6.26. The molecule has 1 aromatic heterocycles. The molecule has 4 heteroatoms. The minimum Gasteiger partial charge on any atom is -0.458 e. The highest BCUT2D eigenvalue weighted by Crippen LogP contribution is 2.47. The highest BCUT2D eigenvalue weighted by Gasteiger charge is 2.31. The lowest BCUT2D eigenvalue weighted by Crippen LogP contribution is -2.12. The summed E-state index contributed by atoms with van der Waals surface area (Å²) in [6, 6.07) is 4.01. The van der Waals surface area contributed by atoms with Crippen molar-refractivity contribution < 1.29 is 4.42 Å². The van der Waals surface area contributed by atoms with E-state index in [0.29, 0.717) is 10.9 Å². The number of hydrogen-bond acceptors (Lipinski definition) is 2. The number of benzene rings is 1. The second-order valence-electron chi connectivity index (χ2n) is 4.76. The normalized spacial score (nSPS) is 15.5. The van der Waals surface area contributed by atoms with Gasteiger partial charge in [0.1, 0.15) is 5.76 Å². The summed E-state index contributed by atoms with van der Waals surface area (Å²) in [6.07, 6.45) is 2.52. The molecule has 2 nitrogen and oxygen atoms in total. The summed E-state index contributed by atoms with van der Waals surface area (Å²) in [7, 11) is 0. The van der Waals surface area contributed by atoms with Crippen LogP contribution in [0.15, 0.2) is 21.0 Å². The number of nitrogens with one attached hydrogen (secondary N) is 1. The fraction of sp³-hybridized carbons (Fsp3) is 0.429. The van der Waals surface area contributed by atoms with Crippen LogP contribution < -0.4 is 5.32 Å². The van der Waals surface area contributed by atoms with Crippen LogP contribution >= 0.6 is 27.5 Å². The molecule has 0 saturated heterocycles. The van der Waals surface area contributed by atoms with Crippen molar-refractivity contribution in [2.24, 2.45) is 0 Å². The molecular weight excluding hydrogens is 314 g/mol. The zero-order chi connectivity index (χ0) is 12.7. The third kappa shape index (κ3) is 2.20. The highest BCUT2D eigenvalue weighted by molar-refractivity contribution is 9.10. The zero-order valence-corrected chi connectivity index (χ0v) is 12.6. The van der Waals surface area contributed by atoms with E-state index < -0.39 is 0 Å². The van der Waals surface area contributed by atoms with E-state index in [2.05, 4.69) is 34.2 Å². The van der Waals surface area contributed by atoms with Crippen LogP contribution in [-0.4, -0.2) is 6.54 Å². The van der Waals surface area contributed by atoms with Crippen LogP contribution in [0.2, 0.25) is 5.02 Å². The minimum absolute atomic E-state index is 0.658. The predicted octanol–water partition coefficient (Wildman–Crippen LogP) is 4.84. The summed E-state index contributed by atoms with van der Waals surface area (Å²) in [5.74, 6) is 1.71. The fourth-order valence-electron chi connectivity index (χ4n) is 2.38. The van der Waals surface area contributed by atoms with Crippen molar-refractivity contribution in [1.82, 2.24) is 5.32 Å². The predicted molar refractivity (Wildman–Crippen MR) is 78.3 cm³/mol. The molecule has 0 atom stereocenters. The summed E-state index contributed by atoms with van der Waals surface area (Å²) in [4.78, 5) is 0. The van der Waals surface area contributed by atoms with Gasteiger partial charge in [0.25, 0.3) is 0 Å². The number of hydrogen-bond donors (Lipinski definition) is 1. The standard InChI is InChI=1S/C14H15BrClNO/c1-2-17-7-12-13(8-3-4-8)10-5-9(15)6-11(16)14(10)18-12/h5-6,8,17H,2-4,7H2,1H3. The molecule has 0 radical (unpaired) electrons. The number of halogens is 2. The van der Waals surface area contributed by atoms with E-state index in [-0.39, 0.29) is 0 Å². The lowest BCUT2D eigenvalue weighted by atomic mass is 10.1. The molecule has 1 heterocycles. The first kappa shape index (κ1) is 12.5. The number of fused-ring (bicyclic) bond motifs is 1. The summed E-state index contributed by atoms with van der Waals surface area (Å²) in [6.45, 7) is 3.83. The van der Waals surface area contributed by atoms with E-state index >= 15 is 0 Å². The molecule has 0 aliphatic heterocycles. The first-order valence-electron chi connectivity index (χ1n) is 6.31. The van der Waals surface area contributed by atoms with Gasteiger partial charge in [-0.3, -0.25) is 0 Å². The Hall–Kier alpha value is -0.510. The van der Waals surface area contributed by atoms with Gasteiger partial charge in [-0.1, -0.05) is 34.5 Å². The Morgan fingerprint density at radius 3 is 2.89 bits per heavy atom. The van der Waals surface area contributed by atoms with Crippen LogP contribution in [0.25, 0.3) is 11.0 Å². The topological polar surface area (TPSA) is 25.2 Å². The second-order valence-corrected chi connectivity index (χ2v) is 6.08. The number of rotatable bonds is 4. The van der Waals surface area contributed by atoms with Crippen molar-refractivity contribution in [3.8, 4) is 0 Å². The van der Waals surface area contributed by atoms with Crippen molar-refractivity contribution in [2.75, 3.05) is 6.54 Å². The monoisotopic (exact) mass is 327 g/mol. The third-order valence-electron chi connectivity index (χ3n) is 3.35. The molecule has 1 fully saturated rings. The van der Waals surface area contributed by atoms with E-state index in [9.17, 15) is 0 Å². The van der Waals surface area contributed by atoms with E-state index in [1.165, 1.54) is 23.8 Å². The molecule has 0 spiro atoms. The van der Waals surface area contributed by atoms with Crippen LogP contribution in [0.4, 0.5) is 0 Å². The van der Waals surface area contributed by atoms with E-state index in [4.69, 9.17) is 16.0 Å². The molecule has 3 rings (SSSR count). The second kappa shape index (κ2) is 4.87. The van der Waals surface area contributed by atoms with Gasteiger partial charge >= 0.3 is 0 Å². The summed E-state index contributed by atoms with van der Waals surface area (Å²) in [5.41, 5.74) is 2.18. The largest absolute Gasteiger partial charge is 0.458 e. The average Bonchev–Trinajstić information content (AvgIpc) is 3.09. The van der Waals surface area contributed by atoms with Gasteiger partial charge in [-0.15, -0.1) is 0 Å². The fourth-order valence-corrected chi connectivity index (χ4v) is 3.23. The first-order valence-corrected chi connectivity index (χ1v) is 7.48. The summed E-state index contributed by atoms with van der Waals surface area (Å²) >= 11 is 9.77. The van der Waals surface area contributed by atoms with Crippen molar-refractivity contribution in [1.29, 1.82) is 0 Å². The van der Waals surface area contributed by atoms with Gasteiger partial charge in [0, 0.05) is 15.4 Å². The Kier molecular flexibility index (Phi) is 3.39. The quantitative estimate of drug-likeness (QED) is 0.869. The Morgan fingerprint density at radius 1 is 1.44 bits per heavy atom. The van der Waals surface area contributed by atoms with Gasteiger partial charge in [-0.25, -0.2) is 0 Å². The zero-order valence-electron chi connectivity index (χ0n) is 10.2. The summed E-state index contributed by atoms with van der Waals surface area (Å²) in [5, 5.41) is 5.19. The highest BCUT2D eigenvalue weighted by atomic mass is 79.9. The van der Waals surface area contributed by atoms with Crippen LogP contribution in [-0.2, 0) is 6.54 Å². The Bertz CT molecular complexity index is 589. The maximum absolute atomic E-state index is 6.26. The SMILES string of the molecule is CCNCc1oc2c(Cl)cc(Br)cc2c1C1CC1. The van der Waals surface area contributed by atoms with Crippen LogP contribution in [0, 0.1) is 0 Å². The number of furan rings is 1. The molecule has 1 aliphatic rings. The summed E-state index contributed by atoms with van der Waals surface area (Å²) < 4.78 is 6.98. The molecule has 0 unspecified atom stereocenters. The van der Waals surface area contributed by atoms with Crippen molar-refractivity contribution in [3.05, 3.63) is 33.0 Å². The molecule has 1 aliphatic carbocycles. The van der Waals surface area contributed by atoms with E-state index in [0.717, 1.165) is 28.9 Å². The van der Waals surface area contributed by atoms with Crippen LogP contribution in [0.3, 0.4) is 0 Å². The van der Waals surface area contributed by atoms with Gasteiger partial charge in [-0.2, -0.15) is 0 Å². The van der Waals surface area contributed by atoms with Gasteiger partial charge in [0.05, 0.1) is 11.6 Å². The van der Waals surface area contributed by atoms with Crippen LogP contribution in [0.1, 0.15) is 37.0 Å². The van der Waals surface area contributed by atoms with Crippen molar-refractivity contribution >= 4 is 38.5 Å². The molecule has 0 amide bonds. The molecule has 1 aromatic carbocycles. The van der Waals surface area contributed by atoms with Crippen molar-refractivity contribution in [3.63, 3.8) is 0 Å². The molecular formula is C14H15BrClNO. The smallest absolute Gasteiger partial charge is 0.153 e. The molecule has 1 saturated carbocycles.